The van der Waals surface area contributed by atoms with Crippen LogP contribution >= 0.6 is 0 Å². The van der Waals surface area contributed by atoms with E-state index in [1.165, 1.54) is 16.7 Å². The van der Waals surface area contributed by atoms with Crippen LogP contribution in [0.15, 0.2) is 75.9 Å². The summed E-state index contributed by atoms with van der Waals surface area (Å²) in [6.45, 7) is 6.69. The molecule has 1 N–H and O–H groups in total. The van der Waals surface area contributed by atoms with Crippen molar-refractivity contribution in [3.05, 3.63) is 88.4 Å². The van der Waals surface area contributed by atoms with Crippen LogP contribution in [0.4, 0.5) is 5.69 Å². The van der Waals surface area contributed by atoms with E-state index in [1.54, 1.807) is 0 Å². The summed E-state index contributed by atoms with van der Waals surface area (Å²) < 4.78 is 5.44. The lowest BCUT2D eigenvalue weighted by Gasteiger charge is -2.36. The van der Waals surface area contributed by atoms with Crippen LogP contribution in [0.1, 0.15) is 11.1 Å². The van der Waals surface area contributed by atoms with Gasteiger partial charge in [0.2, 0.25) is 0 Å². The highest BCUT2D eigenvalue weighted by Crippen LogP contribution is 2.28. The van der Waals surface area contributed by atoms with Gasteiger partial charge in [0.25, 0.3) is 0 Å². The Morgan fingerprint density at radius 2 is 1.67 bits per heavy atom. The molecule has 1 aromatic heterocycles. The lowest BCUT2D eigenvalue weighted by Crippen LogP contribution is -2.46. The molecule has 0 amide bonds. The summed E-state index contributed by atoms with van der Waals surface area (Å²) in [5, 5.41) is 0. The zero-order chi connectivity index (χ0) is 20.5. The third kappa shape index (κ3) is 3.64. The van der Waals surface area contributed by atoms with Crippen molar-refractivity contribution in [1.29, 1.82) is 0 Å². The standard InChI is InChI=1S/C25H25N3O2/c1-18-10-11-22(24-23(18)26-25(29)30-24)28-14-12-27(13-15-28)17-19-6-5-9-21(16-19)20-7-3-2-4-8-20/h2-11,16H,12-15,17H2,1H3,(H,26,29). The van der Waals surface area contributed by atoms with E-state index in [1.807, 2.05) is 19.1 Å². The summed E-state index contributed by atoms with van der Waals surface area (Å²) in [5.41, 5.74) is 7.34. The summed E-state index contributed by atoms with van der Waals surface area (Å²) in [7, 11) is 0. The third-order valence-corrected chi connectivity index (χ3v) is 5.92. The molecule has 5 rings (SSSR count). The van der Waals surface area contributed by atoms with Crippen molar-refractivity contribution in [3.8, 4) is 11.1 Å². The molecule has 0 atom stereocenters. The number of oxazole rings is 1. The van der Waals surface area contributed by atoms with Crippen LogP contribution in [-0.4, -0.2) is 36.1 Å². The Bertz CT molecular complexity index is 1220. The monoisotopic (exact) mass is 399 g/mol. The molecule has 0 unspecified atom stereocenters. The summed E-state index contributed by atoms with van der Waals surface area (Å²) in [5.74, 6) is -0.391. The van der Waals surface area contributed by atoms with Crippen molar-refractivity contribution in [1.82, 2.24) is 9.88 Å². The second kappa shape index (κ2) is 7.84. The summed E-state index contributed by atoms with van der Waals surface area (Å²) >= 11 is 0. The first-order chi connectivity index (χ1) is 14.7. The van der Waals surface area contributed by atoms with E-state index >= 15 is 0 Å². The van der Waals surface area contributed by atoms with Crippen LogP contribution in [0.25, 0.3) is 22.2 Å². The van der Waals surface area contributed by atoms with Crippen LogP contribution in [0.5, 0.6) is 0 Å². The Kier molecular flexibility index (Phi) is 4.89. The molecule has 1 saturated heterocycles. The summed E-state index contributed by atoms with van der Waals surface area (Å²) in [6.07, 6.45) is 0. The highest BCUT2D eigenvalue weighted by atomic mass is 16.4. The normalized spacial score (nSPS) is 15.0. The molecule has 1 fully saturated rings. The van der Waals surface area contributed by atoms with Crippen molar-refractivity contribution in [3.63, 3.8) is 0 Å². The zero-order valence-corrected chi connectivity index (χ0v) is 17.1. The minimum atomic E-state index is -0.391. The van der Waals surface area contributed by atoms with Crippen LogP contribution in [-0.2, 0) is 6.54 Å². The highest BCUT2D eigenvalue weighted by molar-refractivity contribution is 5.88. The Morgan fingerprint density at radius 3 is 2.47 bits per heavy atom. The van der Waals surface area contributed by atoms with E-state index in [0.29, 0.717) is 5.58 Å². The van der Waals surface area contributed by atoms with Crippen molar-refractivity contribution in [2.75, 3.05) is 31.1 Å². The molecule has 0 aliphatic carbocycles. The molecule has 3 aromatic carbocycles. The van der Waals surface area contributed by atoms with Gasteiger partial charge in [-0.05, 0) is 41.3 Å². The number of nitrogens with one attached hydrogen (secondary N) is 1. The number of anilines is 1. The number of benzene rings is 3. The molecule has 0 spiro atoms. The van der Waals surface area contributed by atoms with Crippen molar-refractivity contribution < 1.29 is 4.42 Å². The van der Waals surface area contributed by atoms with E-state index < -0.39 is 5.76 Å². The van der Waals surface area contributed by atoms with Gasteiger partial charge in [-0.15, -0.1) is 0 Å². The molecule has 1 aliphatic heterocycles. The number of aromatic amines is 1. The minimum absolute atomic E-state index is 0.391. The average Bonchev–Trinajstić information content (AvgIpc) is 3.18. The van der Waals surface area contributed by atoms with Gasteiger partial charge in [-0.2, -0.15) is 0 Å². The maximum Gasteiger partial charge on any atom is 0.417 e. The Hall–Kier alpha value is -3.31. The van der Waals surface area contributed by atoms with Crippen LogP contribution in [0, 0.1) is 6.92 Å². The fourth-order valence-corrected chi connectivity index (χ4v) is 4.28. The predicted octanol–water partition coefficient (Wildman–Crippen LogP) is 4.42. The fraction of sp³-hybridized carbons (Fsp3) is 0.240. The smallest absolute Gasteiger partial charge is 0.406 e. The molecule has 5 nitrogen and oxygen atoms in total. The molecule has 5 heteroatoms. The summed E-state index contributed by atoms with van der Waals surface area (Å²) in [4.78, 5) is 19.3. The molecule has 152 valence electrons. The van der Waals surface area contributed by atoms with E-state index in [0.717, 1.165) is 49.5 Å². The quantitative estimate of drug-likeness (QED) is 0.552. The molecule has 4 aromatic rings. The lowest BCUT2D eigenvalue weighted by molar-refractivity contribution is 0.250. The zero-order valence-electron chi connectivity index (χ0n) is 17.1. The second-order valence-electron chi connectivity index (χ2n) is 7.95. The number of hydrogen-bond acceptors (Lipinski definition) is 4. The van der Waals surface area contributed by atoms with E-state index in [4.69, 9.17) is 4.42 Å². The van der Waals surface area contributed by atoms with Crippen LogP contribution in [0.2, 0.25) is 0 Å². The van der Waals surface area contributed by atoms with Gasteiger partial charge in [0.15, 0.2) is 5.58 Å². The first-order valence-corrected chi connectivity index (χ1v) is 10.4. The molecule has 1 aliphatic rings. The number of aromatic nitrogens is 1. The van der Waals surface area contributed by atoms with Crippen LogP contribution < -0.4 is 10.7 Å². The van der Waals surface area contributed by atoms with Gasteiger partial charge >= 0.3 is 5.76 Å². The molecular formula is C25H25N3O2. The average molecular weight is 399 g/mol. The number of rotatable bonds is 4. The molecule has 0 radical (unpaired) electrons. The number of piperazine rings is 1. The predicted molar refractivity (Wildman–Crippen MR) is 121 cm³/mol. The maximum atomic E-state index is 11.7. The Balaban J connectivity index is 1.28. The maximum absolute atomic E-state index is 11.7. The Morgan fingerprint density at radius 1 is 0.900 bits per heavy atom. The first kappa shape index (κ1) is 18.7. The van der Waals surface area contributed by atoms with E-state index in [2.05, 4.69) is 69.4 Å². The first-order valence-electron chi connectivity index (χ1n) is 10.4. The number of H-pyrrole nitrogens is 1. The molecule has 0 bridgehead atoms. The molecular weight excluding hydrogens is 374 g/mol. The number of nitrogens with zero attached hydrogens (tertiary/aromatic N) is 2. The van der Waals surface area contributed by atoms with Gasteiger partial charge in [-0.25, -0.2) is 4.79 Å². The number of aryl methyl sites for hydroxylation is 1. The van der Waals surface area contributed by atoms with Gasteiger partial charge in [-0.3, -0.25) is 9.88 Å². The van der Waals surface area contributed by atoms with Crippen molar-refractivity contribution >= 4 is 16.8 Å². The highest BCUT2D eigenvalue weighted by Gasteiger charge is 2.21. The fourth-order valence-electron chi connectivity index (χ4n) is 4.28. The number of fused-ring (bicyclic) bond motifs is 1. The van der Waals surface area contributed by atoms with Crippen molar-refractivity contribution in [2.24, 2.45) is 0 Å². The topological polar surface area (TPSA) is 52.5 Å². The molecule has 0 saturated carbocycles. The minimum Gasteiger partial charge on any atom is -0.406 e. The summed E-state index contributed by atoms with van der Waals surface area (Å²) in [6, 6.07) is 23.4. The SMILES string of the molecule is Cc1ccc(N2CCN(Cc3cccc(-c4ccccc4)c3)CC2)c2oc(=O)[nH]c12. The third-order valence-electron chi connectivity index (χ3n) is 5.92. The van der Waals surface area contributed by atoms with E-state index in [9.17, 15) is 4.79 Å². The van der Waals surface area contributed by atoms with Gasteiger partial charge in [0.05, 0.1) is 11.2 Å². The van der Waals surface area contributed by atoms with Gasteiger partial charge in [0.1, 0.15) is 0 Å². The van der Waals surface area contributed by atoms with Gasteiger partial charge < -0.3 is 9.32 Å². The van der Waals surface area contributed by atoms with Gasteiger partial charge in [-0.1, -0.05) is 54.6 Å². The second-order valence-corrected chi connectivity index (χ2v) is 7.95. The molecule has 30 heavy (non-hydrogen) atoms. The Labute approximate surface area is 175 Å². The van der Waals surface area contributed by atoms with Gasteiger partial charge in [0, 0.05) is 32.7 Å². The molecule has 2 heterocycles. The largest absolute Gasteiger partial charge is 0.417 e. The van der Waals surface area contributed by atoms with E-state index in [-0.39, 0.29) is 0 Å². The van der Waals surface area contributed by atoms with Crippen LogP contribution in [0.3, 0.4) is 0 Å². The van der Waals surface area contributed by atoms with Crippen molar-refractivity contribution in [2.45, 2.75) is 13.5 Å². The lowest BCUT2D eigenvalue weighted by atomic mass is 10.0. The number of hydrogen-bond donors (Lipinski definition) is 1.